The van der Waals surface area contributed by atoms with Crippen LogP contribution in [0.3, 0.4) is 0 Å². The van der Waals surface area contributed by atoms with Gasteiger partial charge in [-0.2, -0.15) is 0 Å². The van der Waals surface area contributed by atoms with Crippen LogP contribution in [0.15, 0.2) is 0 Å². The van der Waals surface area contributed by atoms with E-state index in [1.54, 1.807) is 0 Å². The molecule has 0 saturated heterocycles. The van der Waals surface area contributed by atoms with E-state index in [0.717, 1.165) is 6.42 Å². The predicted octanol–water partition coefficient (Wildman–Crippen LogP) is 1.09. The number of hydrogen-bond acceptors (Lipinski definition) is 1. The quantitative estimate of drug-likeness (QED) is 0.537. The molecule has 0 saturated carbocycles. The molecule has 1 unspecified atom stereocenters. The summed E-state index contributed by atoms with van der Waals surface area (Å²) in [6, 6.07) is 0.481. The van der Waals surface area contributed by atoms with E-state index in [9.17, 15) is 0 Å². The molecule has 1 atom stereocenters. The lowest BCUT2D eigenvalue weighted by atomic mass is 10.0. The van der Waals surface area contributed by atoms with Crippen molar-refractivity contribution >= 4 is 7.98 Å². The monoisotopic (exact) mass is 111 g/mol. The lowest BCUT2D eigenvalue weighted by molar-refractivity contribution is 0.451. The van der Waals surface area contributed by atoms with Crippen molar-refractivity contribution in [1.29, 1.82) is 0 Å². The van der Waals surface area contributed by atoms with Crippen LogP contribution >= 0.6 is 0 Å². The molecule has 46 valence electrons. The zero-order chi connectivity index (χ0) is 6.57. The van der Waals surface area contributed by atoms with Crippen LogP contribution in [0.4, 0.5) is 0 Å². The minimum Gasteiger partial charge on any atom is -0.363 e. The maximum Gasteiger partial charge on any atom is 0.178 e. The number of rotatable bonds is 3. The molecule has 1 N–H and O–H groups in total. The van der Waals surface area contributed by atoms with Gasteiger partial charge in [0, 0.05) is 0 Å². The van der Waals surface area contributed by atoms with Gasteiger partial charge in [-0.1, -0.05) is 20.8 Å². The highest BCUT2D eigenvalue weighted by molar-refractivity contribution is 6.04. The SMILES string of the molecule is [B]NC(CC)C(C)C. The summed E-state index contributed by atoms with van der Waals surface area (Å²) >= 11 is 0. The molecule has 0 aliphatic carbocycles. The largest absolute Gasteiger partial charge is 0.363 e. The smallest absolute Gasteiger partial charge is 0.178 e. The van der Waals surface area contributed by atoms with Crippen molar-refractivity contribution < 1.29 is 0 Å². The van der Waals surface area contributed by atoms with Crippen molar-refractivity contribution in [3.8, 4) is 0 Å². The summed E-state index contributed by atoms with van der Waals surface area (Å²) in [6.07, 6.45) is 1.11. The van der Waals surface area contributed by atoms with Gasteiger partial charge in [0.05, 0.1) is 0 Å². The summed E-state index contributed by atoms with van der Waals surface area (Å²) in [6.45, 7) is 6.45. The van der Waals surface area contributed by atoms with E-state index >= 15 is 0 Å². The third-order valence-electron chi connectivity index (χ3n) is 1.46. The van der Waals surface area contributed by atoms with E-state index in [4.69, 9.17) is 7.98 Å². The standard InChI is InChI=1S/C6H14BN/c1-4-6(8-7)5(2)3/h5-6,8H,4H2,1-3H3. The third-order valence-corrected chi connectivity index (χ3v) is 1.46. The molecule has 0 aromatic heterocycles. The van der Waals surface area contributed by atoms with Crippen molar-refractivity contribution in [2.45, 2.75) is 33.2 Å². The van der Waals surface area contributed by atoms with Crippen LogP contribution in [0.5, 0.6) is 0 Å². The molecule has 0 aliphatic heterocycles. The lowest BCUT2D eigenvalue weighted by Crippen LogP contribution is -2.30. The van der Waals surface area contributed by atoms with Gasteiger partial charge in [-0.15, -0.1) is 0 Å². The molecule has 0 aliphatic rings. The fourth-order valence-corrected chi connectivity index (χ4v) is 0.782. The molecule has 1 nitrogen and oxygen atoms in total. The molecule has 0 rings (SSSR count). The second-order valence-corrected chi connectivity index (χ2v) is 2.43. The second kappa shape index (κ2) is 3.96. The lowest BCUT2D eigenvalue weighted by Gasteiger charge is -2.17. The Bertz CT molecular complexity index is 50.5. The minimum absolute atomic E-state index is 0.481. The van der Waals surface area contributed by atoms with Crippen molar-refractivity contribution in [1.82, 2.24) is 5.23 Å². The number of nitrogens with one attached hydrogen (secondary N) is 1. The Hall–Kier alpha value is 0.0249. The van der Waals surface area contributed by atoms with Crippen molar-refractivity contribution in [3.63, 3.8) is 0 Å². The van der Waals surface area contributed by atoms with Gasteiger partial charge in [-0.05, 0) is 18.4 Å². The summed E-state index contributed by atoms with van der Waals surface area (Å²) in [4.78, 5) is 0. The fourth-order valence-electron chi connectivity index (χ4n) is 0.782. The Morgan fingerprint density at radius 2 is 2.00 bits per heavy atom. The van der Waals surface area contributed by atoms with Gasteiger partial charge in [-0.3, -0.25) is 0 Å². The molecule has 0 aromatic carbocycles. The Balaban J connectivity index is 3.35. The average Bonchev–Trinajstić information content (AvgIpc) is 1.69. The zero-order valence-corrected chi connectivity index (χ0v) is 5.94. The first-order valence-corrected chi connectivity index (χ1v) is 3.18. The van der Waals surface area contributed by atoms with E-state index in [1.807, 2.05) is 0 Å². The van der Waals surface area contributed by atoms with E-state index in [-0.39, 0.29) is 0 Å². The second-order valence-electron chi connectivity index (χ2n) is 2.43. The normalized spacial score (nSPS) is 14.5. The molecule has 0 heterocycles. The van der Waals surface area contributed by atoms with Crippen molar-refractivity contribution in [2.75, 3.05) is 0 Å². The van der Waals surface area contributed by atoms with Crippen LogP contribution in [-0.4, -0.2) is 14.0 Å². The summed E-state index contributed by atoms with van der Waals surface area (Å²) in [7, 11) is 5.23. The third kappa shape index (κ3) is 2.36. The Labute approximate surface area is 53.3 Å². The summed E-state index contributed by atoms with van der Waals surface area (Å²) in [5, 5.41) is 2.75. The molecule has 0 fully saturated rings. The van der Waals surface area contributed by atoms with Gasteiger partial charge < -0.3 is 5.23 Å². The Kier molecular flexibility index (Phi) is 3.97. The number of hydrogen-bond donors (Lipinski definition) is 1. The van der Waals surface area contributed by atoms with Crippen LogP contribution in [0, 0.1) is 5.92 Å². The first kappa shape index (κ1) is 8.02. The van der Waals surface area contributed by atoms with Gasteiger partial charge in [-0.25, -0.2) is 0 Å². The van der Waals surface area contributed by atoms with Crippen LogP contribution in [0.1, 0.15) is 27.2 Å². The molecule has 0 aromatic rings. The topological polar surface area (TPSA) is 12.0 Å². The highest BCUT2D eigenvalue weighted by Crippen LogP contribution is 2.02. The van der Waals surface area contributed by atoms with Gasteiger partial charge in [0.15, 0.2) is 7.98 Å². The van der Waals surface area contributed by atoms with Gasteiger partial charge in [0.25, 0.3) is 0 Å². The van der Waals surface area contributed by atoms with E-state index in [2.05, 4.69) is 26.0 Å². The van der Waals surface area contributed by atoms with Crippen LogP contribution in [0.2, 0.25) is 0 Å². The molecule has 0 bridgehead atoms. The predicted molar refractivity (Wildman–Crippen MR) is 37.8 cm³/mol. The maximum absolute atomic E-state index is 5.23. The van der Waals surface area contributed by atoms with Gasteiger partial charge in [0.2, 0.25) is 0 Å². The fraction of sp³-hybridized carbons (Fsp3) is 1.00. The first-order chi connectivity index (χ1) is 3.72. The van der Waals surface area contributed by atoms with Crippen LogP contribution in [-0.2, 0) is 0 Å². The Morgan fingerprint density at radius 1 is 1.50 bits per heavy atom. The van der Waals surface area contributed by atoms with Gasteiger partial charge in [0.1, 0.15) is 0 Å². The highest BCUT2D eigenvalue weighted by Gasteiger charge is 2.05. The Morgan fingerprint density at radius 3 is 2.00 bits per heavy atom. The summed E-state index contributed by atoms with van der Waals surface area (Å²) in [5.41, 5.74) is 0. The van der Waals surface area contributed by atoms with Crippen LogP contribution < -0.4 is 5.23 Å². The van der Waals surface area contributed by atoms with Crippen molar-refractivity contribution in [3.05, 3.63) is 0 Å². The summed E-state index contributed by atoms with van der Waals surface area (Å²) in [5.74, 6) is 0.644. The molecule has 8 heavy (non-hydrogen) atoms. The molecular weight excluding hydrogens is 96.9 g/mol. The van der Waals surface area contributed by atoms with E-state index in [1.165, 1.54) is 0 Å². The van der Waals surface area contributed by atoms with Gasteiger partial charge >= 0.3 is 0 Å². The average molecular weight is 111 g/mol. The van der Waals surface area contributed by atoms with Crippen LogP contribution in [0.25, 0.3) is 0 Å². The zero-order valence-electron chi connectivity index (χ0n) is 5.94. The molecular formula is C6H14BN. The highest BCUT2D eigenvalue weighted by atomic mass is 14.8. The first-order valence-electron chi connectivity index (χ1n) is 3.18. The van der Waals surface area contributed by atoms with E-state index in [0.29, 0.717) is 12.0 Å². The molecule has 2 heteroatoms. The molecule has 0 spiro atoms. The molecule has 2 radical (unpaired) electrons. The summed E-state index contributed by atoms with van der Waals surface area (Å²) < 4.78 is 0. The van der Waals surface area contributed by atoms with E-state index < -0.39 is 0 Å². The molecule has 0 amide bonds. The van der Waals surface area contributed by atoms with Crippen molar-refractivity contribution in [2.24, 2.45) is 5.92 Å². The minimum atomic E-state index is 0.481. The maximum atomic E-state index is 5.23.